The van der Waals surface area contributed by atoms with Crippen molar-refractivity contribution in [2.45, 2.75) is 30.7 Å². The molecule has 1 fully saturated rings. The Morgan fingerprint density at radius 2 is 1.95 bits per heavy atom. The van der Waals surface area contributed by atoms with Crippen LogP contribution in [-0.2, 0) is 14.8 Å². The molecule has 1 unspecified atom stereocenters. The molecule has 22 heavy (non-hydrogen) atoms. The van der Waals surface area contributed by atoms with Gasteiger partial charge in [-0.2, -0.15) is 0 Å². The molecule has 1 heterocycles. The lowest BCUT2D eigenvalue weighted by Crippen LogP contribution is -2.40. The van der Waals surface area contributed by atoms with E-state index in [0.717, 1.165) is 0 Å². The highest BCUT2D eigenvalue weighted by Gasteiger charge is 2.34. The summed E-state index contributed by atoms with van der Waals surface area (Å²) in [6.45, 7) is 2.35. The van der Waals surface area contributed by atoms with Gasteiger partial charge in [0, 0.05) is 18.7 Å². The van der Waals surface area contributed by atoms with Gasteiger partial charge in [-0.05, 0) is 37.1 Å². The van der Waals surface area contributed by atoms with Crippen LogP contribution in [0.15, 0.2) is 29.2 Å². The van der Waals surface area contributed by atoms with Gasteiger partial charge in [-0.25, -0.2) is 17.9 Å². The van der Waals surface area contributed by atoms with E-state index in [9.17, 15) is 18.0 Å². The summed E-state index contributed by atoms with van der Waals surface area (Å²) in [4.78, 5) is 24.9. The van der Waals surface area contributed by atoms with Gasteiger partial charge in [0.15, 0.2) is 0 Å². The van der Waals surface area contributed by atoms with Crippen LogP contribution >= 0.6 is 0 Å². The zero-order chi connectivity index (χ0) is 16.3. The number of aliphatic carboxylic acids is 1. The molecule has 0 aromatic heterocycles. The molecule has 2 N–H and O–H groups in total. The maximum atomic E-state index is 12.3. The van der Waals surface area contributed by atoms with Crippen LogP contribution in [0, 0.1) is 0 Å². The van der Waals surface area contributed by atoms with Crippen molar-refractivity contribution in [2.75, 3.05) is 13.1 Å². The lowest BCUT2D eigenvalue weighted by Gasteiger charge is -2.21. The molecule has 2 rings (SSSR count). The number of nitrogens with zero attached hydrogens (tertiary/aromatic N) is 1. The second-order valence-electron chi connectivity index (χ2n) is 5.02. The van der Waals surface area contributed by atoms with Crippen LogP contribution in [0.5, 0.6) is 0 Å². The number of sulfonamides is 1. The van der Waals surface area contributed by atoms with E-state index >= 15 is 0 Å². The van der Waals surface area contributed by atoms with E-state index in [1.165, 1.54) is 29.2 Å². The molecule has 120 valence electrons. The number of carbonyl (C=O) groups is 2. The molecule has 1 aliphatic heterocycles. The minimum Gasteiger partial charge on any atom is -0.480 e. The summed E-state index contributed by atoms with van der Waals surface area (Å²) in [5, 5.41) is 9.11. The number of amides is 1. The molecule has 1 amide bonds. The van der Waals surface area contributed by atoms with Crippen molar-refractivity contribution >= 4 is 21.9 Å². The van der Waals surface area contributed by atoms with E-state index in [2.05, 4.69) is 4.72 Å². The summed E-state index contributed by atoms with van der Waals surface area (Å²) >= 11 is 0. The first-order valence-corrected chi connectivity index (χ1v) is 8.48. The molecule has 0 radical (unpaired) electrons. The largest absolute Gasteiger partial charge is 0.480 e. The molecule has 1 saturated heterocycles. The Balaban J connectivity index is 2.20. The summed E-state index contributed by atoms with van der Waals surface area (Å²) in [5.41, 5.74) is 0.281. The summed E-state index contributed by atoms with van der Waals surface area (Å²) in [7, 11) is -3.57. The Morgan fingerprint density at radius 3 is 2.50 bits per heavy atom. The van der Waals surface area contributed by atoms with E-state index in [-0.39, 0.29) is 17.0 Å². The van der Waals surface area contributed by atoms with E-state index in [0.29, 0.717) is 19.4 Å². The molecule has 1 aromatic rings. The maximum Gasteiger partial charge on any atom is 0.326 e. The highest BCUT2D eigenvalue weighted by atomic mass is 32.2. The van der Waals surface area contributed by atoms with Crippen LogP contribution in [-0.4, -0.2) is 49.4 Å². The van der Waals surface area contributed by atoms with Crippen molar-refractivity contribution in [3.05, 3.63) is 29.8 Å². The number of rotatable bonds is 5. The van der Waals surface area contributed by atoms with Gasteiger partial charge in [0.1, 0.15) is 6.04 Å². The van der Waals surface area contributed by atoms with Crippen molar-refractivity contribution in [3.8, 4) is 0 Å². The number of carboxylic acids is 1. The Labute approximate surface area is 129 Å². The molecule has 1 aliphatic rings. The minimum atomic E-state index is -3.57. The third-order valence-corrected chi connectivity index (χ3v) is 5.11. The Bertz CT molecular complexity index is 669. The average molecular weight is 326 g/mol. The molecule has 1 atom stereocenters. The Morgan fingerprint density at radius 1 is 1.32 bits per heavy atom. The van der Waals surface area contributed by atoms with Gasteiger partial charge in [-0.15, -0.1) is 0 Å². The van der Waals surface area contributed by atoms with Crippen molar-refractivity contribution in [1.82, 2.24) is 9.62 Å². The minimum absolute atomic E-state index is 0.0714. The van der Waals surface area contributed by atoms with Gasteiger partial charge in [-0.1, -0.05) is 6.92 Å². The fraction of sp³-hybridized carbons (Fsp3) is 0.429. The number of carbonyl (C=O) groups excluding carboxylic acids is 1. The predicted octanol–water partition coefficient (Wildman–Crippen LogP) is 0.674. The van der Waals surface area contributed by atoms with Gasteiger partial charge in [0.05, 0.1) is 4.90 Å². The third-order valence-electron chi connectivity index (χ3n) is 3.54. The highest BCUT2D eigenvalue weighted by molar-refractivity contribution is 7.89. The fourth-order valence-electron chi connectivity index (χ4n) is 2.48. The molecule has 0 saturated carbocycles. The second kappa shape index (κ2) is 6.45. The van der Waals surface area contributed by atoms with E-state index in [1.54, 1.807) is 6.92 Å². The van der Waals surface area contributed by atoms with Crippen LogP contribution in [0.1, 0.15) is 30.1 Å². The molecular weight excluding hydrogens is 308 g/mol. The first-order chi connectivity index (χ1) is 10.4. The van der Waals surface area contributed by atoms with Crippen LogP contribution < -0.4 is 4.72 Å². The predicted molar refractivity (Wildman–Crippen MR) is 79.0 cm³/mol. The zero-order valence-electron chi connectivity index (χ0n) is 12.2. The summed E-state index contributed by atoms with van der Waals surface area (Å²) in [6.07, 6.45) is 1.09. The third kappa shape index (κ3) is 3.28. The van der Waals surface area contributed by atoms with Crippen LogP contribution in [0.4, 0.5) is 0 Å². The number of likely N-dealkylation sites (tertiary alicyclic amines) is 1. The van der Waals surface area contributed by atoms with Crippen LogP contribution in [0.3, 0.4) is 0 Å². The Kier molecular flexibility index (Phi) is 4.82. The first-order valence-electron chi connectivity index (χ1n) is 7.00. The summed E-state index contributed by atoms with van der Waals surface area (Å²) in [5.74, 6) is -1.41. The van der Waals surface area contributed by atoms with Crippen molar-refractivity contribution in [2.24, 2.45) is 0 Å². The molecule has 7 nitrogen and oxygen atoms in total. The monoisotopic (exact) mass is 326 g/mol. The van der Waals surface area contributed by atoms with Crippen molar-refractivity contribution in [3.63, 3.8) is 0 Å². The van der Waals surface area contributed by atoms with Crippen molar-refractivity contribution < 1.29 is 23.1 Å². The van der Waals surface area contributed by atoms with Crippen LogP contribution in [0.25, 0.3) is 0 Å². The van der Waals surface area contributed by atoms with Crippen LogP contribution in [0.2, 0.25) is 0 Å². The molecule has 1 aromatic carbocycles. The van der Waals surface area contributed by atoms with E-state index < -0.39 is 27.9 Å². The van der Waals surface area contributed by atoms with Crippen molar-refractivity contribution in [1.29, 1.82) is 0 Å². The molecule has 0 aliphatic carbocycles. The molecular formula is C14H18N2O5S. The smallest absolute Gasteiger partial charge is 0.326 e. The lowest BCUT2D eigenvalue weighted by molar-refractivity contribution is -0.141. The van der Waals surface area contributed by atoms with Gasteiger partial charge < -0.3 is 10.0 Å². The molecule has 8 heteroatoms. The lowest BCUT2D eigenvalue weighted by atomic mass is 10.1. The highest BCUT2D eigenvalue weighted by Crippen LogP contribution is 2.21. The first kappa shape index (κ1) is 16.4. The standard InChI is InChI=1S/C14H18N2O5S/c1-2-15-22(20,21)11-7-5-10(6-8-11)13(17)16-9-3-4-12(16)14(18)19/h5-8,12,15H,2-4,9H2,1H3,(H,18,19). The van der Waals surface area contributed by atoms with Gasteiger partial charge >= 0.3 is 5.97 Å². The van der Waals surface area contributed by atoms with E-state index in [1.807, 2.05) is 0 Å². The number of hydrogen-bond donors (Lipinski definition) is 2. The second-order valence-corrected chi connectivity index (χ2v) is 6.79. The maximum absolute atomic E-state index is 12.3. The van der Waals surface area contributed by atoms with Gasteiger partial charge in [0.2, 0.25) is 10.0 Å². The number of benzene rings is 1. The molecule has 0 spiro atoms. The van der Waals surface area contributed by atoms with Gasteiger partial charge in [-0.3, -0.25) is 4.79 Å². The quantitative estimate of drug-likeness (QED) is 0.828. The number of carboxylic acid groups (broad SMARTS) is 1. The topological polar surface area (TPSA) is 104 Å². The Hall–Kier alpha value is -1.93. The number of hydrogen-bond acceptors (Lipinski definition) is 4. The zero-order valence-corrected chi connectivity index (χ0v) is 13.0. The SMILES string of the molecule is CCNS(=O)(=O)c1ccc(C(=O)N2CCCC2C(=O)O)cc1. The fourth-order valence-corrected chi connectivity index (χ4v) is 3.52. The molecule has 0 bridgehead atoms. The van der Waals surface area contributed by atoms with Gasteiger partial charge in [0.25, 0.3) is 5.91 Å². The van der Waals surface area contributed by atoms with E-state index in [4.69, 9.17) is 5.11 Å². The normalized spacial score (nSPS) is 18.4. The summed E-state index contributed by atoms with van der Waals surface area (Å²) in [6, 6.07) is 4.69. The number of nitrogens with one attached hydrogen (secondary N) is 1. The average Bonchev–Trinajstić information content (AvgIpc) is 2.96. The summed E-state index contributed by atoms with van der Waals surface area (Å²) < 4.78 is 26.0.